The van der Waals surface area contributed by atoms with Crippen molar-refractivity contribution in [3.8, 4) is 0 Å². The first kappa shape index (κ1) is 43.5. The molecule has 0 aliphatic rings. The smallest absolute Gasteiger partial charge is 1.00 e. The minimum Gasteiger partial charge on any atom is -1.00 e. The van der Waals surface area contributed by atoms with Crippen molar-refractivity contribution in [2.45, 2.75) is 0 Å². The lowest BCUT2D eigenvalue weighted by Gasteiger charge is -1.73. The zero-order chi connectivity index (χ0) is 12.9. The minimum absolute atomic E-state index is 0. The fourth-order valence-electron chi connectivity index (χ4n) is 0. The van der Waals surface area contributed by atoms with Crippen molar-refractivity contribution in [3.63, 3.8) is 0 Å². The van der Waals surface area contributed by atoms with Crippen LogP contribution in [0.2, 0.25) is 0 Å². The molecule has 13 heteroatoms. The molecule has 9 nitrogen and oxygen atoms in total. The Hall–Kier alpha value is -1.99. The van der Waals surface area contributed by atoms with Gasteiger partial charge in [-0.05, 0) is 0 Å². The third kappa shape index (κ3) is 195. The van der Waals surface area contributed by atoms with Crippen LogP contribution in [0.3, 0.4) is 0 Å². The van der Waals surface area contributed by atoms with Gasteiger partial charge in [-0.15, -0.1) is 0 Å². The van der Waals surface area contributed by atoms with Crippen LogP contribution in [0.4, 0.5) is 14.1 Å². The molecule has 0 saturated carbocycles. The van der Waals surface area contributed by atoms with E-state index in [2.05, 4.69) is 17.2 Å². The second-order valence-corrected chi connectivity index (χ2v) is 1.79. The predicted octanol–water partition coefficient (Wildman–Crippen LogP) is -5.34. The first-order valence-corrected chi connectivity index (χ1v) is 3.57. The lowest BCUT2D eigenvalue weighted by molar-refractivity contribution is -0.136. The molecule has 0 unspecified atom stereocenters. The van der Waals surface area contributed by atoms with Crippen LogP contribution in [0, 0.1) is 0 Å². The van der Waals surface area contributed by atoms with Crippen LogP contribution in [0.5, 0.6) is 0 Å². The molecule has 0 aromatic heterocycles. The van der Waals surface area contributed by atoms with Crippen molar-refractivity contribution in [2.24, 2.45) is 17.2 Å². The average molecular weight is 306 g/mol. The zero-order valence-electron chi connectivity index (χ0n) is 10.5. The summed E-state index contributed by atoms with van der Waals surface area (Å²) in [5, 5.41) is 22.8. The highest BCUT2D eigenvalue weighted by atomic mass is 19.0. The molecule has 0 fully saturated rings. The lowest BCUT2D eigenvalue weighted by Crippen LogP contribution is -3.00. The topological polar surface area (TPSA) is 190 Å². The summed E-state index contributed by atoms with van der Waals surface area (Å²) in [6, 6.07) is 0. The summed E-state index contributed by atoms with van der Waals surface area (Å²) in [6.45, 7) is -0.833. The summed E-state index contributed by atoms with van der Waals surface area (Å²) in [5.74, 6) is -2.90. The highest BCUT2D eigenvalue weighted by molar-refractivity contribution is 5.69. The normalized spacial score (nSPS) is 5.84. The van der Waals surface area contributed by atoms with Gasteiger partial charge in [0.05, 0.1) is 19.6 Å². The molecule has 9 N–H and O–H groups in total. The van der Waals surface area contributed by atoms with Gasteiger partial charge in [0.15, 0.2) is 0 Å². The molecule has 0 aliphatic heterocycles. The van der Waals surface area contributed by atoms with Crippen LogP contribution >= 0.6 is 0 Å². The Labute approximate surface area is 106 Å². The molecule has 0 aromatic carbocycles. The molecule has 19 heavy (non-hydrogen) atoms. The average Bonchev–Trinajstić information content (AvgIpc) is 2.19. The van der Waals surface area contributed by atoms with E-state index in [9.17, 15) is 14.4 Å². The van der Waals surface area contributed by atoms with E-state index in [-0.39, 0.29) is 39.9 Å². The second-order valence-electron chi connectivity index (χ2n) is 1.79. The summed E-state index contributed by atoms with van der Waals surface area (Å²) >= 11 is 0. The molecule has 0 rings (SSSR count). The molecule has 0 amide bonds. The van der Waals surface area contributed by atoms with Gasteiger partial charge in [-0.25, -0.2) is 0 Å². The van der Waals surface area contributed by atoms with Crippen LogP contribution in [-0.2, 0) is 14.4 Å². The molecule has 0 aromatic rings. The zero-order valence-corrected chi connectivity index (χ0v) is 9.52. The van der Waals surface area contributed by atoms with Crippen LogP contribution in [0.25, 0.3) is 0 Å². The Morgan fingerprint density at radius 2 is 0.737 bits per heavy atom. The Bertz CT molecular complexity index is 182. The summed E-state index contributed by atoms with van der Waals surface area (Å²) < 4.78 is 0. The van der Waals surface area contributed by atoms with Gasteiger partial charge in [-0.1, -0.05) is 0 Å². The third-order valence-corrected chi connectivity index (χ3v) is 0.524. The van der Waals surface area contributed by atoms with E-state index in [4.69, 9.17) is 15.3 Å². The Balaban J connectivity index is -0.0000000160. The predicted molar refractivity (Wildman–Crippen MR) is 58.7 cm³/mol. The summed E-state index contributed by atoms with van der Waals surface area (Å²) in [5.41, 5.74) is 13.7. The number of aliphatic carboxylic acids is 3. The van der Waals surface area contributed by atoms with Gasteiger partial charge in [0, 0.05) is 0 Å². The summed E-state index contributed by atoms with van der Waals surface area (Å²) in [6.07, 6.45) is 0. The molecule has 0 atom stereocenters. The van der Waals surface area contributed by atoms with E-state index in [0.29, 0.717) is 0 Å². The summed E-state index contributed by atoms with van der Waals surface area (Å²) in [7, 11) is 0. The van der Waals surface area contributed by atoms with Crippen molar-refractivity contribution in [1.82, 2.24) is 0 Å². The van der Waals surface area contributed by atoms with E-state index >= 15 is 0 Å². The van der Waals surface area contributed by atoms with Crippen LogP contribution in [0.15, 0.2) is 0 Å². The number of carboxylic acids is 3. The molecule has 0 bridgehead atoms. The van der Waals surface area contributed by atoms with Crippen LogP contribution < -0.4 is 21.9 Å². The van der Waals surface area contributed by atoms with Crippen molar-refractivity contribution < 1.29 is 49.9 Å². The quantitative estimate of drug-likeness (QED) is 0.276. The van der Waals surface area contributed by atoms with E-state index < -0.39 is 17.9 Å². The van der Waals surface area contributed by atoms with Crippen LogP contribution in [-0.4, -0.2) is 52.9 Å². The van der Waals surface area contributed by atoms with E-state index in [1.807, 2.05) is 0 Å². The van der Waals surface area contributed by atoms with Crippen molar-refractivity contribution in [3.05, 3.63) is 0 Å². The van der Waals surface area contributed by atoms with E-state index in [1.165, 1.54) is 0 Å². The highest BCUT2D eigenvalue weighted by Gasteiger charge is 1.81. The molecular weight excluding hydrogens is 286 g/mol. The van der Waals surface area contributed by atoms with Crippen LogP contribution in [0.1, 0.15) is 1.43 Å². The molecule has 0 spiro atoms. The van der Waals surface area contributed by atoms with Gasteiger partial charge in [-0.3, -0.25) is 28.5 Å². The highest BCUT2D eigenvalue weighted by Crippen LogP contribution is 1.44. The summed E-state index contributed by atoms with van der Waals surface area (Å²) in [4.78, 5) is 27.7. The number of nitrogens with two attached hydrogens (primary N) is 3. The fraction of sp³-hybridized carbons (Fsp3) is 0.500. The molecular formula is C6H19F4N3O6. The monoisotopic (exact) mass is 306 g/mol. The molecule has 0 radical (unpaired) electrons. The van der Waals surface area contributed by atoms with Crippen molar-refractivity contribution in [2.75, 3.05) is 19.6 Å². The third-order valence-electron chi connectivity index (χ3n) is 0.524. The van der Waals surface area contributed by atoms with Gasteiger partial charge in [0.1, 0.15) is 0 Å². The number of halogens is 4. The standard InChI is InChI=1S/3C2H5NO2.4FH/c3*3-1-2(4)5;;;;/h3*1,3H2,(H,4,5);4*1H/i/hD. The van der Waals surface area contributed by atoms with Gasteiger partial charge in [0.25, 0.3) is 0 Å². The molecule has 0 aliphatic carbocycles. The number of rotatable bonds is 3. The maximum atomic E-state index is 9.24. The first-order chi connectivity index (χ1) is 6.81. The first-order valence-electron chi connectivity index (χ1n) is 3.57. The SMILES string of the molecule is F.F.F.NCC(=O)O.NCC(=O)O.NCC(=O)O.[2H+].[F-]. The second kappa shape index (κ2) is 36.0. The van der Waals surface area contributed by atoms with Gasteiger partial charge >= 0.3 is 19.3 Å². The maximum absolute atomic E-state index is 9.24. The molecule has 0 heterocycles. The molecule has 0 saturated heterocycles. The Morgan fingerprint density at radius 1 is 0.684 bits per heavy atom. The Morgan fingerprint density at radius 3 is 0.737 bits per heavy atom. The lowest BCUT2D eigenvalue weighted by atomic mass is 10.7. The number of carbonyl (C=O) groups is 3. The minimum atomic E-state index is -0.968. The van der Waals surface area contributed by atoms with E-state index in [1.54, 1.807) is 0 Å². The van der Waals surface area contributed by atoms with E-state index in [0.717, 1.165) is 0 Å². The van der Waals surface area contributed by atoms with Gasteiger partial charge in [-0.2, -0.15) is 0 Å². The number of carboxylic acid groups (broad SMARTS) is 3. The van der Waals surface area contributed by atoms with Gasteiger partial charge < -0.3 is 37.2 Å². The fourth-order valence-corrected chi connectivity index (χ4v) is 0. The Kier molecular flexibility index (Phi) is 82.4. The number of hydrogen-bond donors (Lipinski definition) is 6. The van der Waals surface area contributed by atoms with Gasteiger partial charge in [0.2, 0.25) is 0 Å². The van der Waals surface area contributed by atoms with Crippen molar-refractivity contribution in [1.29, 1.82) is 0 Å². The molecule has 122 valence electrons. The number of hydrogen-bond acceptors (Lipinski definition) is 6. The maximum Gasteiger partial charge on any atom is 1.00 e. The largest absolute Gasteiger partial charge is 1.00 e. The van der Waals surface area contributed by atoms with Crippen molar-refractivity contribution >= 4 is 17.9 Å².